The van der Waals surface area contributed by atoms with Crippen LogP contribution >= 0.6 is 12.2 Å². The van der Waals surface area contributed by atoms with Crippen LogP contribution in [0.5, 0.6) is 5.75 Å². The Bertz CT molecular complexity index is 392. The minimum atomic E-state index is 0.418. The first-order chi connectivity index (χ1) is 9.04. The lowest BCUT2D eigenvalue weighted by atomic mass is 10.2. The van der Waals surface area contributed by atoms with Gasteiger partial charge >= 0.3 is 0 Å². The van der Waals surface area contributed by atoms with E-state index in [-0.39, 0.29) is 0 Å². The van der Waals surface area contributed by atoms with Gasteiger partial charge in [-0.25, -0.2) is 0 Å². The van der Waals surface area contributed by atoms with Crippen molar-refractivity contribution in [2.24, 2.45) is 5.73 Å². The van der Waals surface area contributed by atoms with Crippen LogP contribution in [0.3, 0.4) is 0 Å². The van der Waals surface area contributed by atoms with Crippen LogP contribution in [0.25, 0.3) is 0 Å². The Morgan fingerprint density at radius 1 is 1.37 bits per heavy atom. The van der Waals surface area contributed by atoms with Gasteiger partial charge in [0.1, 0.15) is 10.7 Å². The molecule has 0 aliphatic rings. The van der Waals surface area contributed by atoms with Crippen molar-refractivity contribution in [1.82, 2.24) is 4.90 Å². The fraction of sp³-hybridized carbons (Fsp3) is 0.533. The largest absolute Gasteiger partial charge is 0.494 e. The average Bonchev–Trinajstić information content (AvgIpc) is 2.42. The minimum absolute atomic E-state index is 0.418. The molecule has 1 atom stereocenters. The molecule has 0 saturated carbocycles. The van der Waals surface area contributed by atoms with Gasteiger partial charge in [0.15, 0.2) is 0 Å². The summed E-state index contributed by atoms with van der Waals surface area (Å²) >= 11 is 4.91. The predicted octanol–water partition coefficient (Wildman–Crippen LogP) is 2.82. The van der Waals surface area contributed by atoms with Crippen molar-refractivity contribution in [3.63, 3.8) is 0 Å². The smallest absolute Gasteiger partial charge is 0.119 e. The molecule has 0 fully saturated rings. The van der Waals surface area contributed by atoms with Crippen LogP contribution in [-0.4, -0.2) is 36.1 Å². The molecule has 2 N–H and O–H groups in total. The molecule has 0 radical (unpaired) electrons. The number of ether oxygens (including phenoxy) is 1. The summed E-state index contributed by atoms with van der Waals surface area (Å²) in [5.41, 5.74) is 6.42. The van der Waals surface area contributed by atoms with Crippen molar-refractivity contribution >= 4 is 17.2 Å². The number of benzene rings is 1. The van der Waals surface area contributed by atoms with E-state index in [0.29, 0.717) is 11.0 Å². The van der Waals surface area contributed by atoms with Gasteiger partial charge < -0.3 is 15.4 Å². The second kappa shape index (κ2) is 8.12. The number of hydrogen-bond acceptors (Lipinski definition) is 3. The van der Waals surface area contributed by atoms with E-state index in [1.54, 1.807) is 0 Å². The topological polar surface area (TPSA) is 38.5 Å². The molecule has 19 heavy (non-hydrogen) atoms. The van der Waals surface area contributed by atoms with Crippen LogP contribution in [0.4, 0.5) is 0 Å². The van der Waals surface area contributed by atoms with Crippen LogP contribution in [0.1, 0.15) is 32.3 Å². The van der Waals surface area contributed by atoms with E-state index in [1.807, 2.05) is 24.3 Å². The summed E-state index contributed by atoms with van der Waals surface area (Å²) in [6.07, 6.45) is 2.20. The molecule has 1 aromatic carbocycles. The van der Waals surface area contributed by atoms with Crippen LogP contribution in [0.2, 0.25) is 0 Å². The lowest BCUT2D eigenvalue weighted by Crippen LogP contribution is -2.30. The molecule has 1 unspecified atom stereocenters. The molecule has 0 aliphatic carbocycles. The molecule has 0 heterocycles. The first kappa shape index (κ1) is 15.9. The van der Waals surface area contributed by atoms with Crippen molar-refractivity contribution in [1.29, 1.82) is 0 Å². The van der Waals surface area contributed by atoms with Crippen LogP contribution in [0, 0.1) is 0 Å². The number of rotatable bonds is 8. The number of nitrogens with zero attached hydrogens (tertiary/aromatic N) is 1. The molecular weight excluding hydrogens is 256 g/mol. The summed E-state index contributed by atoms with van der Waals surface area (Å²) in [4.78, 5) is 2.78. The van der Waals surface area contributed by atoms with E-state index < -0.39 is 0 Å². The monoisotopic (exact) mass is 280 g/mol. The second-order valence-electron chi connectivity index (χ2n) is 4.83. The van der Waals surface area contributed by atoms with Gasteiger partial charge in [0.25, 0.3) is 0 Å². The van der Waals surface area contributed by atoms with Gasteiger partial charge in [0.2, 0.25) is 0 Å². The van der Waals surface area contributed by atoms with Gasteiger partial charge in [0.05, 0.1) is 6.61 Å². The van der Waals surface area contributed by atoms with Crippen LogP contribution in [0.15, 0.2) is 24.3 Å². The van der Waals surface area contributed by atoms with Gasteiger partial charge in [-0.1, -0.05) is 19.1 Å². The van der Waals surface area contributed by atoms with E-state index in [2.05, 4.69) is 25.8 Å². The highest BCUT2D eigenvalue weighted by Crippen LogP contribution is 2.12. The van der Waals surface area contributed by atoms with Crippen molar-refractivity contribution in [3.05, 3.63) is 29.8 Å². The van der Waals surface area contributed by atoms with Gasteiger partial charge in [-0.15, -0.1) is 0 Å². The fourth-order valence-electron chi connectivity index (χ4n) is 1.75. The number of nitrogens with two attached hydrogens (primary N) is 1. The molecular formula is C15H24N2OS. The van der Waals surface area contributed by atoms with Gasteiger partial charge in [0, 0.05) is 18.2 Å². The van der Waals surface area contributed by atoms with Crippen molar-refractivity contribution in [2.75, 3.05) is 20.2 Å². The fourth-order valence-corrected chi connectivity index (χ4v) is 1.89. The first-order valence-corrected chi connectivity index (χ1v) is 7.18. The van der Waals surface area contributed by atoms with E-state index in [4.69, 9.17) is 22.7 Å². The standard InChI is InChI=1S/C15H24N2OS/c1-4-12(2)17(3)10-5-11-18-14-8-6-13(7-9-14)15(16)19/h6-9,12H,4-5,10-11H2,1-3H3,(H2,16,19). The summed E-state index contributed by atoms with van der Waals surface area (Å²) in [5.74, 6) is 0.867. The summed E-state index contributed by atoms with van der Waals surface area (Å²) in [6.45, 7) is 6.24. The molecule has 1 aromatic rings. The van der Waals surface area contributed by atoms with Crippen molar-refractivity contribution < 1.29 is 4.74 Å². The molecule has 0 saturated heterocycles. The van der Waals surface area contributed by atoms with Crippen LogP contribution < -0.4 is 10.5 Å². The molecule has 4 heteroatoms. The zero-order valence-electron chi connectivity index (χ0n) is 12.1. The highest BCUT2D eigenvalue weighted by Gasteiger charge is 2.05. The third-order valence-corrected chi connectivity index (χ3v) is 3.64. The third-order valence-electron chi connectivity index (χ3n) is 3.41. The quantitative estimate of drug-likeness (QED) is 0.587. The lowest BCUT2D eigenvalue weighted by Gasteiger charge is -2.23. The summed E-state index contributed by atoms with van der Waals surface area (Å²) in [5, 5.41) is 0. The Morgan fingerprint density at radius 3 is 2.53 bits per heavy atom. The molecule has 0 aliphatic heterocycles. The van der Waals surface area contributed by atoms with Gasteiger partial charge in [-0.2, -0.15) is 0 Å². The van der Waals surface area contributed by atoms with E-state index in [0.717, 1.165) is 30.9 Å². The van der Waals surface area contributed by atoms with Crippen molar-refractivity contribution in [3.8, 4) is 5.75 Å². The molecule has 0 bridgehead atoms. The zero-order valence-corrected chi connectivity index (χ0v) is 12.9. The SMILES string of the molecule is CCC(C)N(C)CCCOc1ccc(C(N)=S)cc1. The predicted molar refractivity (Wildman–Crippen MR) is 84.8 cm³/mol. The van der Waals surface area contributed by atoms with E-state index in [9.17, 15) is 0 Å². The zero-order chi connectivity index (χ0) is 14.3. The lowest BCUT2D eigenvalue weighted by molar-refractivity contribution is 0.220. The molecule has 1 rings (SSSR count). The van der Waals surface area contributed by atoms with Gasteiger partial charge in [-0.05, 0) is 51.1 Å². The maximum Gasteiger partial charge on any atom is 0.119 e. The van der Waals surface area contributed by atoms with Crippen LogP contribution in [-0.2, 0) is 0 Å². The van der Waals surface area contributed by atoms with Crippen molar-refractivity contribution in [2.45, 2.75) is 32.7 Å². The second-order valence-corrected chi connectivity index (χ2v) is 5.27. The minimum Gasteiger partial charge on any atom is -0.494 e. The molecule has 0 amide bonds. The Labute approximate surface area is 121 Å². The first-order valence-electron chi connectivity index (χ1n) is 6.77. The number of hydrogen-bond donors (Lipinski definition) is 1. The third kappa shape index (κ3) is 5.57. The maximum absolute atomic E-state index is 5.69. The summed E-state index contributed by atoms with van der Waals surface area (Å²) in [6, 6.07) is 8.23. The average molecular weight is 280 g/mol. The van der Waals surface area contributed by atoms with E-state index in [1.165, 1.54) is 6.42 Å². The van der Waals surface area contributed by atoms with E-state index >= 15 is 0 Å². The summed E-state index contributed by atoms with van der Waals surface area (Å²) < 4.78 is 5.69. The number of thiocarbonyl (C=S) groups is 1. The molecule has 3 nitrogen and oxygen atoms in total. The normalized spacial score (nSPS) is 12.4. The molecule has 106 valence electrons. The Hall–Kier alpha value is -1.13. The highest BCUT2D eigenvalue weighted by atomic mass is 32.1. The summed E-state index contributed by atoms with van der Waals surface area (Å²) in [7, 11) is 2.16. The van der Waals surface area contributed by atoms with Gasteiger partial charge in [-0.3, -0.25) is 0 Å². The maximum atomic E-state index is 5.69. The Balaban J connectivity index is 2.28. The molecule has 0 spiro atoms. The Morgan fingerprint density at radius 2 is 2.00 bits per heavy atom. The molecule has 0 aromatic heterocycles. The Kier molecular flexibility index (Phi) is 6.81. The highest BCUT2D eigenvalue weighted by molar-refractivity contribution is 7.80.